The Bertz CT molecular complexity index is 813. The number of carbonyl (C=O) groups excluding carboxylic acids is 1. The second kappa shape index (κ2) is 7.42. The zero-order valence-corrected chi connectivity index (χ0v) is 14.5. The molecule has 1 aromatic heterocycles. The number of hydrogen-bond acceptors (Lipinski definition) is 5. The first-order chi connectivity index (χ1) is 10.5. The Hall–Kier alpha value is -1.86. The topological polar surface area (TPSA) is 98.6 Å². The fourth-order valence-electron chi connectivity index (χ4n) is 1.68. The van der Waals surface area contributed by atoms with E-state index in [1.807, 2.05) is 24.3 Å². The summed E-state index contributed by atoms with van der Waals surface area (Å²) in [5.74, 6) is -0.159. The largest absolute Gasteiger partial charge is 0.346 e. The number of aromatic nitrogens is 2. The van der Waals surface area contributed by atoms with E-state index >= 15 is 0 Å². The summed E-state index contributed by atoms with van der Waals surface area (Å²) in [7, 11) is 0. The molecular formula is C14H11IN4O2S. The normalized spacial score (nSPS) is 10.0. The van der Waals surface area contributed by atoms with E-state index in [0.717, 1.165) is 21.0 Å². The molecule has 0 atom stereocenters. The summed E-state index contributed by atoms with van der Waals surface area (Å²) in [6, 6.07) is 9.40. The third kappa shape index (κ3) is 4.08. The number of nitrogens with zero attached hydrogens (tertiary/aromatic N) is 2. The molecule has 1 amide bonds. The van der Waals surface area contributed by atoms with Crippen LogP contribution in [-0.4, -0.2) is 21.6 Å². The number of halogens is 1. The van der Waals surface area contributed by atoms with Crippen molar-refractivity contribution in [2.75, 3.05) is 11.1 Å². The minimum absolute atomic E-state index is 0.0650. The van der Waals surface area contributed by atoms with E-state index in [2.05, 4.69) is 37.9 Å². The van der Waals surface area contributed by atoms with E-state index in [0.29, 0.717) is 5.69 Å². The second-order valence-corrected chi connectivity index (χ2v) is 6.40. The summed E-state index contributed by atoms with van der Waals surface area (Å²) in [5, 5.41) is 12.1. The van der Waals surface area contributed by atoms with Gasteiger partial charge in [-0.3, -0.25) is 4.79 Å². The molecule has 1 aromatic carbocycles. The fraction of sp³-hybridized carbons (Fsp3) is 0.143. The number of aryl methyl sites for hydroxylation is 1. The average molecular weight is 426 g/mol. The molecule has 0 aliphatic rings. The number of nitriles is 1. The van der Waals surface area contributed by atoms with Gasteiger partial charge in [-0.05, 0) is 41.6 Å². The number of anilines is 1. The Balaban J connectivity index is 2.08. The van der Waals surface area contributed by atoms with Crippen molar-refractivity contribution in [3.05, 3.63) is 49.6 Å². The molecule has 112 valence electrons. The Labute approximate surface area is 144 Å². The van der Waals surface area contributed by atoms with Crippen molar-refractivity contribution in [3.63, 3.8) is 0 Å². The molecule has 0 saturated heterocycles. The predicted molar refractivity (Wildman–Crippen MR) is 92.8 cm³/mol. The molecule has 6 nitrogen and oxygen atoms in total. The van der Waals surface area contributed by atoms with Gasteiger partial charge in [-0.25, -0.2) is 4.79 Å². The molecule has 0 saturated carbocycles. The first-order valence-corrected chi connectivity index (χ1v) is 8.26. The number of rotatable bonds is 4. The first-order valence-electron chi connectivity index (χ1n) is 6.19. The fourth-order valence-corrected chi connectivity index (χ4v) is 3.03. The summed E-state index contributed by atoms with van der Waals surface area (Å²) in [6.45, 7) is 1.62. The second-order valence-electron chi connectivity index (χ2n) is 4.28. The van der Waals surface area contributed by atoms with Crippen LogP contribution < -0.4 is 11.0 Å². The number of carbonyl (C=O) groups is 1. The van der Waals surface area contributed by atoms with Crippen LogP contribution in [0, 0.1) is 21.8 Å². The third-order valence-electron chi connectivity index (χ3n) is 2.69. The van der Waals surface area contributed by atoms with Crippen LogP contribution in [0.1, 0.15) is 11.3 Å². The van der Waals surface area contributed by atoms with Gasteiger partial charge in [-0.2, -0.15) is 10.2 Å². The lowest BCUT2D eigenvalue weighted by atomic mass is 10.3. The van der Waals surface area contributed by atoms with Crippen molar-refractivity contribution >= 4 is 45.9 Å². The quantitative estimate of drug-likeness (QED) is 0.444. The number of nitrogens with one attached hydrogen (secondary N) is 2. The molecule has 22 heavy (non-hydrogen) atoms. The number of hydrogen-bond donors (Lipinski definition) is 2. The first kappa shape index (κ1) is 16.5. The smallest absolute Gasteiger partial charge is 0.324 e. The lowest BCUT2D eigenvalue weighted by molar-refractivity contribution is -0.113. The lowest BCUT2D eigenvalue weighted by Gasteiger charge is -2.07. The number of benzene rings is 1. The number of thioether (sulfide) groups is 1. The molecule has 0 unspecified atom stereocenters. The molecule has 0 spiro atoms. The summed E-state index contributed by atoms with van der Waals surface area (Å²) in [5.41, 5.74) is 0.927. The van der Waals surface area contributed by atoms with E-state index in [-0.39, 0.29) is 22.2 Å². The Morgan fingerprint density at radius 3 is 2.91 bits per heavy atom. The molecule has 2 N–H and O–H groups in total. The highest BCUT2D eigenvalue weighted by Gasteiger charge is 2.12. The summed E-state index contributed by atoms with van der Waals surface area (Å²) >= 11 is 3.20. The third-order valence-corrected chi connectivity index (χ3v) is 4.60. The van der Waals surface area contributed by atoms with Crippen molar-refractivity contribution < 1.29 is 4.79 Å². The van der Waals surface area contributed by atoms with Gasteiger partial charge in [0, 0.05) is 9.26 Å². The van der Waals surface area contributed by atoms with Gasteiger partial charge in [0.1, 0.15) is 16.7 Å². The SMILES string of the molecule is Cc1[nH]c(=O)nc(SCC(=O)Nc2ccccc2I)c1C#N. The number of para-hydroxylation sites is 1. The van der Waals surface area contributed by atoms with Gasteiger partial charge in [0.25, 0.3) is 0 Å². The molecular weight excluding hydrogens is 415 g/mol. The molecule has 0 bridgehead atoms. The molecule has 0 radical (unpaired) electrons. The highest BCUT2D eigenvalue weighted by Crippen LogP contribution is 2.21. The van der Waals surface area contributed by atoms with E-state index < -0.39 is 5.69 Å². The van der Waals surface area contributed by atoms with Crippen LogP contribution in [0.15, 0.2) is 34.1 Å². The van der Waals surface area contributed by atoms with Crippen molar-refractivity contribution in [1.82, 2.24) is 9.97 Å². The van der Waals surface area contributed by atoms with Crippen LogP contribution in [0.5, 0.6) is 0 Å². The van der Waals surface area contributed by atoms with Gasteiger partial charge in [0.2, 0.25) is 5.91 Å². The van der Waals surface area contributed by atoms with Gasteiger partial charge in [-0.1, -0.05) is 23.9 Å². The van der Waals surface area contributed by atoms with E-state index in [1.54, 1.807) is 13.0 Å². The highest BCUT2D eigenvalue weighted by molar-refractivity contribution is 14.1. The zero-order valence-electron chi connectivity index (χ0n) is 11.5. The zero-order chi connectivity index (χ0) is 16.1. The predicted octanol–water partition coefficient (Wildman–Crippen LogP) is 2.29. The van der Waals surface area contributed by atoms with Crippen LogP contribution >= 0.6 is 34.4 Å². The van der Waals surface area contributed by atoms with E-state index in [9.17, 15) is 9.59 Å². The van der Waals surface area contributed by atoms with Crippen molar-refractivity contribution in [3.8, 4) is 6.07 Å². The Kier molecular flexibility index (Phi) is 5.57. The average Bonchev–Trinajstić information content (AvgIpc) is 2.47. The standard InChI is InChI=1S/C14H11IN4O2S/c1-8-9(6-16)13(19-14(21)17-8)22-7-12(20)18-11-5-3-2-4-10(11)15/h2-5H,7H2,1H3,(H,18,20)(H,17,19,21). The maximum atomic E-state index is 12.0. The van der Waals surface area contributed by atoms with Crippen LogP contribution in [0.25, 0.3) is 0 Å². The Morgan fingerprint density at radius 1 is 1.50 bits per heavy atom. The summed E-state index contributed by atoms with van der Waals surface area (Å²) in [6.07, 6.45) is 0. The van der Waals surface area contributed by atoms with E-state index in [4.69, 9.17) is 5.26 Å². The van der Waals surface area contributed by atoms with Crippen LogP contribution in [0.4, 0.5) is 5.69 Å². The van der Waals surface area contributed by atoms with Crippen molar-refractivity contribution in [1.29, 1.82) is 5.26 Å². The minimum Gasteiger partial charge on any atom is -0.324 e. The molecule has 8 heteroatoms. The number of H-pyrrole nitrogens is 1. The lowest BCUT2D eigenvalue weighted by Crippen LogP contribution is -2.17. The molecule has 2 aromatic rings. The Morgan fingerprint density at radius 2 is 2.23 bits per heavy atom. The van der Waals surface area contributed by atoms with Crippen LogP contribution in [0.2, 0.25) is 0 Å². The molecule has 1 heterocycles. The van der Waals surface area contributed by atoms with Gasteiger partial charge < -0.3 is 10.3 Å². The van der Waals surface area contributed by atoms with Gasteiger partial charge >= 0.3 is 5.69 Å². The molecule has 0 aliphatic carbocycles. The molecule has 0 aliphatic heterocycles. The van der Waals surface area contributed by atoms with Gasteiger partial charge in [0.05, 0.1) is 11.4 Å². The molecule has 2 rings (SSSR count). The summed E-state index contributed by atoms with van der Waals surface area (Å²) < 4.78 is 0.932. The van der Waals surface area contributed by atoms with Crippen molar-refractivity contribution in [2.24, 2.45) is 0 Å². The maximum absolute atomic E-state index is 12.0. The van der Waals surface area contributed by atoms with Crippen molar-refractivity contribution in [2.45, 2.75) is 11.9 Å². The monoisotopic (exact) mass is 426 g/mol. The van der Waals surface area contributed by atoms with Crippen LogP contribution in [0.3, 0.4) is 0 Å². The minimum atomic E-state index is -0.531. The molecule has 0 fully saturated rings. The van der Waals surface area contributed by atoms with Gasteiger partial charge in [-0.15, -0.1) is 0 Å². The summed E-state index contributed by atoms with van der Waals surface area (Å²) in [4.78, 5) is 29.6. The number of amides is 1. The van der Waals surface area contributed by atoms with E-state index in [1.165, 1.54) is 0 Å². The van der Waals surface area contributed by atoms with Gasteiger partial charge in [0.15, 0.2) is 0 Å². The highest BCUT2D eigenvalue weighted by atomic mass is 127. The maximum Gasteiger partial charge on any atom is 0.346 e. The number of aromatic amines is 1. The van der Waals surface area contributed by atoms with Crippen LogP contribution in [-0.2, 0) is 4.79 Å².